The first-order valence-corrected chi connectivity index (χ1v) is 5.22. The number of aromatic nitrogens is 2. The van der Waals surface area contributed by atoms with Crippen LogP contribution in [0, 0.1) is 0 Å². The van der Waals surface area contributed by atoms with Gasteiger partial charge in [-0.3, -0.25) is 0 Å². The number of alkyl halides is 3. The minimum atomic E-state index is -4.54. The van der Waals surface area contributed by atoms with E-state index in [1.165, 1.54) is 12.1 Å². The van der Waals surface area contributed by atoms with E-state index in [1.807, 2.05) is 0 Å². The zero-order valence-corrected chi connectivity index (χ0v) is 9.21. The van der Waals surface area contributed by atoms with Gasteiger partial charge in [0.1, 0.15) is 0 Å². The van der Waals surface area contributed by atoms with Gasteiger partial charge >= 0.3 is 11.9 Å². The Kier molecular flexibility index (Phi) is 3.08. The smallest absolute Gasteiger partial charge is 0.330 e. The Morgan fingerprint density at radius 3 is 2.67 bits per heavy atom. The SMILES string of the molecule is NCCc1[nH]c(=O)nc2c(C(F)(F)F)cccc12. The number of fused-ring (bicyclic) bond motifs is 1. The number of nitrogens with two attached hydrogens (primary N) is 1. The number of halogens is 3. The van der Waals surface area contributed by atoms with E-state index in [2.05, 4.69) is 9.97 Å². The van der Waals surface area contributed by atoms with Crippen LogP contribution in [0.5, 0.6) is 0 Å². The number of aromatic amines is 1. The molecule has 0 saturated heterocycles. The Morgan fingerprint density at radius 1 is 1.33 bits per heavy atom. The van der Waals surface area contributed by atoms with Crippen molar-refractivity contribution in [2.75, 3.05) is 6.54 Å². The van der Waals surface area contributed by atoms with Crippen molar-refractivity contribution < 1.29 is 13.2 Å². The summed E-state index contributed by atoms with van der Waals surface area (Å²) < 4.78 is 38.4. The Morgan fingerprint density at radius 2 is 2.06 bits per heavy atom. The van der Waals surface area contributed by atoms with Crippen molar-refractivity contribution in [2.24, 2.45) is 5.73 Å². The summed E-state index contributed by atoms with van der Waals surface area (Å²) in [6, 6.07) is 3.67. The number of hydrogen-bond acceptors (Lipinski definition) is 3. The maximum atomic E-state index is 12.8. The van der Waals surface area contributed by atoms with Gasteiger partial charge in [-0.15, -0.1) is 0 Å². The molecule has 2 aromatic rings. The third-order valence-electron chi connectivity index (χ3n) is 2.53. The minimum absolute atomic E-state index is 0.227. The van der Waals surface area contributed by atoms with Crippen molar-refractivity contribution in [2.45, 2.75) is 12.6 Å². The van der Waals surface area contributed by atoms with Crippen LogP contribution >= 0.6 is 0 Å². The number of H-pyrrole nitrogens is 1. The molecule has 0 aliphatic carbocycles. The largest absolute Gasteiger partial charge is 0.418 e. The highest BCUT2D eigenvalue weighted by atomic mass is 19.4. The first kappa shape index (κ1) is 12.6. The molecule has 0 atom stereocenters. The molecular formula is C11H10F3N3O. The van der Waals surface area contributed by atoms with E-state index in [9.17, 15) is 18.0 Å². The van der Waals surface area contributed by atoms with Crippen LogP contribution in [0.4, 0.5) is 13.2 Å². The summed E-state index contributed by atoms with van der Waals surface area (Å²) >= 11 is 0. The molecule has 0 aliphatic heterocycles. The van der Waals surface area contributed by atoms with Crippen molar-refractivity contribution in [1.29, 1.82) is 0 Å². The predicted molar refractivity (Wildman–Crippen MR) is 60.1 cm³/mol. The Hall–Kier alpha value is -1.89. The van der Waals surface area contributed by atoms with Crippen LogP contribution in [0.15, 0.2) is 23.0 Å². The summed E-state index contributed by atoms with van der Waals surface area (Å²) in [5.41, 5.74) is 3.68. The zero-order chi connectivity index (χ0) is 13.3. The standard InChI is InChI=1S/C11H10F3N3O/c12-11(13,14)7-3-1-2-6-8(4-5-15)16-10(18)17-9(6)7/h1-3H,4-5,15H2,(H,16,17,18). The summed E-state index contributed by atoms with van der Waals surface area (Å²) in [5, 5.41) is 0.273. The highest BCUT2D eigenvalue weighted by molar-refractivity contribution is 5.84. The van der Waals surface area contributed by atoms with Crippen molar-refractivity contribution in [3.63, 3.8) is 0 Å². The van der Waals surface area contributed by atoms with Crippen LogP contribution in [0.1, 0.15) is 11.3 Å². The van der Waals surface area contributed by atoms with E-state index in [1.54, 1.807) is 0 Å². The molecule has 0 fully saturated rings. The van der Waals surface area contributed by atoms with Crippen LogP contribution < -0.4 is 11.4 Å². The summed E-state index contributed by atoms with van der Waals surface area (Å²) in [7, 11) is 0. The molecule has 0 bridgehead atoms. The molecule has 0 saturated carbocycles. The summed E-state index contributed by atoms with van der Waals surface area (Å²) in [5.74, 6) is 0. The van der Waals surface area contributed by atoms with E-state index in [0.29, 0.717) is 5.69 Å². The maximum Gasteiger partial charge on any atom is 0.418 e. The lowest BCUT2D eigenvalue weighted by atomic mass is 10.1. The van der Waals surface area contributed by atoms with Gasteiger partial charge in [0.2, 0.25) is 0 Å². The van der Waals surface area contributed by atoms with Crippen molar-refractivity contribution in [3.05, 3.63) is 39.9 Å². The molecular weight excluding hydrogens is 247 g/mol. The molecule has 0 spiro atoms. The van der Waals surface area contributed by atoms with Gasteiger partial charge in [0.15, 0.2) is 0 Å². The lowest BCUT2D eigenvalue weighted by Crippen LogP contribution is -2.18. The quantitative estimate of drug-likeness (QED) is 0.855. The zero-order valence-electron chi connectivity index (χ0n) is 9.21. The minimum Gasteiger partial charge on any atom is -0.330 e. The average molecular weight is 257 g/mol. The van der Waals surface area contributed by atoms with Gasteiger partial charge < -0.3 is 10.7 Å². The van der Waals surface area contributed by atoms with Crippen LogP contribution in [0.2, 0.25) is 0 Å². The van der Waals surface area contributed by atoms with E-state index in [4.69, 9.17) is 5.73 Å². The lowest BCUT2D eigenvalue weighted by molar-refractivity contribution is -0.136. The molecule has 4 nitrogen and oxygen atoms in total. The molecule has 1 aromatic carbocycles. The number of rotatable bonds is 2. The summed E-state index contributed by atoms with van der Waals surface area (Å²) in [4.78, 5) is 17.1. The molecule has 18 heavy (non-hydrogen) atoms. The second-order valence-electron chi connectivity index (χ2n) is 3.76. The van der Waals surface area contributed by atoms with E-state index >= 15 is 0 Å². The van der Waals surface area contributed by atoms with Crippen molar-refractivity contribution in [1.82, 2.24) is 9.97 Å². The highest BCUT2D eigenvalue weighted by Gasteiger charge is 2.33. The second-order valence-corrected chi connectivity index (χ2v) is 3.76. The van der Waals surface area contributed by atoms with Gasteiger partial charge in [0.05, 0.1) is 11.1 Å². The number of nitrogens with zero attached hydrogens (tertiary/aromatic N) is 1. The lowest BCUT2D eigenvalue weighted by Gasteiger charge is -2.11. The summed E-state index contributed by atoms with van der Waals surface area (Å²) in [6.45, 7) is 0.227. The molecule has 0 amide bonds. The van der Waals surface area contributed by atoms with Crippen LogP contribution in [0.3, 0.4) is 0 Å². The first-order chi connectivity index (χ1) is 8.43. The van der Waals surface area contributed by atoms with Gasteiger partial charge in [0, 0.05) is 17.5 Å². The summed E-state index contributed by atoms with van der Waals surface area (Å²) in [6.07, 6.45) is -4.25. The van der Waals surface area contributed by atoms with E-state index in [-0.39, 0.29) is 23.9 Å². The molecule has 0 aliphatic rings. The maximum absolute atomic E-state index is 12.8. The van der Waals surface area contributed by atoms with Crippen molar-refractivity contribution in [3.8, 4) is 0 Å². The third kappa shape index (κ3) is 2.21. The number of para-hydroxylation sites is 1. The van der Waals surface area contributed by atoms with Crippen LogP contribution in [-0.2, 0) is 12.6 Å². The fourth-order valence-corrected chi connectivity index (χ4v) is 1.80. The van der Waals surface area contributed by atoms with E-state index < -0.39 is 17.4 Å². The Labute approximate surface area is 99.6 Å². The Bertz CT molecular complexity index is 633. The van der Waals surface area contributed by atoms with E-state index in [0.717, 1.165) is 6.07 Å². The van der Waals surface area contributed by atoms with Gasteiger partial charge in [-0.2, -0.15) is 18.2 Å². The molecule has 1 heterocycles. The van der Waals surface area contributed by atoms with Crippen LogP contribution in [-0.4, -0.2) is 16.5 Å². The van der Waals surface area contributed by atoms with Gasteiger partial charge in [-0.25, -0.2) is 4.79 Å². The molecule has 7 heteroatoms. The monoisotopic (exact) mass is 257 g/mol. The Balaban J connectivity index is 2.82. The average Bonchev–Trinajstić information content (AvgIpc) is 2.27. The van der Waals surface area contributed by atoms with Gasteiger partial charge in [-0.05, 0) is 12.6 Å². The molecule has 2 rings (SSSR count). The van der Waals surface area contributed by atoms with Gasteiger partial charge in [-0.1, -0.05) is 12.1 Å². The van der Waals surface area contributed by atoms with Crippen molar-refractivity contribution >= 4 is 10.9 Å². The number of benzene rings is 1. The molecule has 3 N–H and O–H groups in total. The third-order valence-corrected chi connectivity index (χ3v) is 2.53. The first-order valence-electron chi connectivity index (χ1n) is 5.22. The molecule has 0 unspecified atom stereocenters. The molecule has 96 valence electrons. The molecule has 0 radical (unpaired) electrons. The molecule has 1 aromatic heterocycles. The number of hydrogen-bond donors (Lipinski definition) is 2. The topological polar surface area (TPSA) is 71.8 Å². The van der Waals surface area contributed by atoms with Crippen LogP contribution in [0.25, 0.3) is 10.9 Å². The number of nitrogens with one attached hydrogen (secondary N) is 1. The normalized spacial score (nSPS) is 12.0. The fourth-order valence-electron chi connectivity index (χ4n) is 1.80. The predicted octanol–water partition coefficient (Wildman–Crippen LogP) is 1.44. The highest BCUT2D eigenvalue weighted by Crippen LogP contribution is 2.33. The fraction of sp³-hybridized carbons (Fsp3) is 0.273. The van der Waals surface area contributed by atoms with Gasteiger partial charge in [0.25, 0.3) is 0 Å². The second kappa shape index (κ2) is 4.41.